The van der Waals surface area contributed by atoms with Crippen LogP contribution in [0.3, 0.4) is 0 Å². The van der Waals surface area contributed by atoms with Gasteiger partial charge in [0.15, 0.2) is 11.6 Å². The van der Waals surface area contributed by atoms with Crippen LogP contribution < -0.4 is 16.0 Å². The minimum atomic E-state index is -0.444. The molecule has 94 valence electrons. The lowest BCUT2D eigenvalue weighted by molar-refractivity contribution is 0.423. The fourth-order valence-electron chi connectivity index (χ4n) is 1.39. The number of anilines is 1. The third-order valence-electron chi connectivity index (χ3n) is 2.35. The number of aryl methyl sites for hydroxylation is 2. The predicted octanol–water partition coefficient (Wildman–Crippen LogP) is 2.31. The summed E-state index contributed by atoms with van der Waals surface area (Å²) in [7, 11) is 0. The van der Waals surface area contributed by atoms with Crippen LogP contribution >= 0.6 is 0 Å². The number of nitrogens with one attached hydrogen (secondary N) is 1. The standard InChI is InChI=1S/C12H13FN4O/c1-7-3-4-9(13)10(5-7)18-11-8(2)6-15-12(16-11)17-14/h3-6H,14H2,1-2H3,(H,15,16,17). The molecule has 0 aliphatic rings. The maximum absolute atomic E-state index is 13.6. The molecule has 0 fully saturated rings. The molecule has 0 bridgehead atoms. The molecule has 0 saturated carbocycles. The van der Waals surface area contributed by atoms with Gasteiger partial charge in [-0.1, -0.05) is 6.07 Å². The van der Waals surface area contributed by atoms with Crippen molar-refractivity contribution in [3.05, 3.63) is 41.3 Å². The fraction of sp³-hybridized carbons (Fsp3) is 0.167. The van der Waals surface area contributed by atoms with Gasteiger partial charge < -0.3 is 4.74 Å². The van der Waals surface area contributed by atoms with Crippen molar-refractivity contribution in [2.45, 2.75) is 13.8 Å². The van der Waals surface area contributed by atoms with Crippen LogP contribution in [0.4, 0.5) is 10.3 Å². The Balaban J connectivity index is 2.36. The van der Waals surface area contributed by atoms with Gasteiger partial charge in [0.05, 0.1) is 0 Å². The average Bonchev–Trinajstić information content (AvgIpc) is 2.36. The molecule has 0 aliphatic heterocycles. The highest BCUT2D eigenvalue weighted by atomic mass is 19.1. The quantitative estimate of drug-likeness (QED) is 0.644. The number of halogens is 1. The molecule has 3 N–H and O–H groups in total. The van der Waals surface area contributed by atoms with E-state index in [-0.39, 0.29) is 17.6 Å². The van der Waals surface area contributed by atoms with Gasteiger partial charge in [0.25, 0.3) is 0 Å². The van der Waals surface area contributed by atoms with Crippen molar-refractivity contribution < 1.29 is 9.13 Å². The summed E-state index contributed by atoms with van der Waals surface area (Å²) < 4.78 is 19.0. The fourth-order valence-corrected chi connectivity index (χ4v) is 1.39. The molecule has 0 saturated heterocycles. The van der Waals surface area contributed by atoms with Crippen LogP contribution in [0.15, 0.2) is 24.4 Å². The highest BCUT2D eigenvalue weighted by Crippen LogP contribution is 2.26. The van der Waals surface area contributed by atoms with Gasteiger partial charge in [-0.15, -0.1) is 0 Å². The zero-order chi connectivity index (χ0) is 13.1. The molecule has 0 unspecified atom stereocenters. The van der Waals surface area contributed by atoms with Crippen molar-refractivity contribution in [2.75, 3.05) is 5.43 Å². The molecular formula is C12H13FN4O. The van der Waals surface area contributed by atoms with E-state index in [9.17, 15) is 4.39 Å². The van der Waals surface area contributed by atoms with E-state index < -0.39 is 5.82 Å². The maximum Gasteiger partial charge on any atom is 0.240 e. The highest BCUT2D eigenvalue weighted by Gasteiger charge is 2.09. The number of aromatic nitrogens is 2. The van der Waals surface area contributed by atoms with Gasteiger partial charge in [0, 0.05) is 11.8 Å². The number of benzene rings is 1. The van der Waals surface area contributed by atoms with Gasteiger partial charge in [0.1, 0.15) is 0 Å². The Bertz CT molecular complexity index is 574. The van der Waals surface area contributed by atoms with Crippen LogP contribution in [-0.4, -0.2) is 9.97 Å². The van der Waals surface area contributed by atoms with Gasteiger partial charge in [-0.05, 0) is 31.5 Å². The lowest BCUT2D eigenvalue weighted by Crippen LogP contribution is -2.11. The third kappa shape index (κ3) is 2.54. The lowest BCUT2D eigenvalue weighted by atomic mass is 10.2. The summed E-state index contributed by atoms with van der Waals surface area (Å²) in [5.41, 5.74) is 3.90. The maximum atomic E-state index is 13.6. The Morgan fingerprint density at radius 2 is 2.11 bits per heavy atom. The Kier molecular flexibility index (Phi) is 3.38. The smallest absolute Gasteiger partial charge is 0.240 e. The Labute approximate surface area is 104 Å². The van der Waals surface area contributed by atoms with E-state index in [0.717, 1.165) is 5.56 Å². The number of nitrogen functional groups attached to an aromatic ring is 1. The number of nitrogens with two attached hydrogens (primary N) is 1. The molecule has 2 rings (SSSR count). The lowest BCUT2D eigenvalue weighted by Gasteiger charge is -2.09. The van der Waals surface area contributed by atoms with Crippen molar-refractivity contribution in [3.63, 3.8) is 0 Å². The molecule has 1 aromatic heterocycles. The van der Waals surface area contributed by atoms with Gasteiger partial charge in [-0.25, -0.2) is 15.2 Å². The van der Waals surface area contributed by atoms with Crippen LogP contribution in [0, 0.1) is 19.7 Å². The van der Waals surface area contributed by atoms with E-state index in [1.165, 1.54) is 6.07 Å². The molecular weight excluding hydrogens is 235 g/mol. The summed E-state index contributed by atoms with van der Waals surface area (Å²) in [6.07, 6.45) is 1.55. The first-order valence-electron chi connectivity index (χ1n) is 5.34. The summed E-state index contributed by atoms with van der Waals surface area (Å²) in [5.74, 6) is 5.37. The molecule has 1 heterocycles. The SMILES string of the molecule is Cc1ccc(F)c(Oc2nc(NN)ncc2C)c1. The minimum absolute atomic E-state index is 0.125. The Morgan fingerprint density at radius 3 is 2.83 bits per heavy atom. The van der Waals surface area contributed by atoms with E-state index in [2.05, 4.69) is 15.4 Å². The van der Waals surface area contributed by atoms with Crippen LogP contribution in [-0.2, 0) is 0 Å². The van der Waals surface area contributed by atoms with E-state index >= 15 is 0 Å². The van der Waals surface area contributed by atoms with Crippen molar-refractivity contribution in [1.82, 2.24) is 9.97 Å². The second kappa shape index (κ2) is 4.97. The molecule has 0 spiro atoms. The number of hydrazine groups is 1. The first kappa shape index (κ1) is 12.3. The van der Waals surface area contributed by atoms with Crippen LogP contribution in [0.25, 0.3) is 0 Å². The summed E-state index contributed by atoms with van der Waals surface area (Å²) >= 11 is 0. The number of rotatable bonds is 3. The van der Waals surface area contributed by atoms with Gasteiger partial charge in [0.2, 0.25) is 11.8 Å². The molecule has 5 nitrogen and oxygen atoms in total. The van der Waals surface area contributed by atoms with Crippen LogP contribution in [0.5, 0.6) is 11.6 Å². The summed E-state index contributed by atoms with van der Waals surface area (Å²) in [5, 5.41) is 0. The van der Waals surface area contributed by atoms with Gasteiger partial charge in [-0.3, -0.25) is 5.43 Å². The van der Waals surface area contributed by atoms with Crippen molar-refractivity contribution in [2.24, 2.45) is 5.84 Å². The van der Waals surface area contributed by atoms with Crippen molar-refractivity contribution in [3.8, 4) is 11.6 Å². The number of hydrogen-bond acceptors (Lipinski definition) is 5. The highest BCUT2D eigenvalue weighted by molar-refractivity contribution is 5.37. The predicted molar refractivity (Wildman–Crippen MR) is 65.8 cm³/mol. The summed E-state index contributed by atoms with van der Waals surface area (Å²) in [6.45, 7) is 3.62. The molecule has 6 heteroatoms. The number of hydrogen-bond donors (Lipinski definition) is 2. The summed E-state index contributed by atoms with van der Waals surface area (Å²) in [4.78, 5) is 7.94. The molecule has 2 aromatic rings. The van der Waals surface area contributed by atoms with E-state index in [1.807, 2.05) is 6.92 Å². The van der Waals surface area contributed by atoms with E-state index in [1.54, 1.807) is 25.3 Å². The zero-order valence-corrected chi connectivity index (χ0v) is 10.1. The monoisotopic (exact) mass is 248 g/mol. The molecule has 18 heavy (non-hydrogen) atoms. The molecule has 0 radical (unpaired) electrons. The topological polar surface area (TPSA) is 73.1 Å². The molecule has 0 atom stereocenters. The summed E-state index contributed by atoms with van der Waals surface area (Å²) in [6, 6.07) is 4.62. The Hall–Kier alpha value is -2.21. The Morgan fingerprint density at radius 1 is 1.33 bits per heavy atom. The number of ether oxygens (including phenoxy) is 1. The van der Waals surface area contributed by atoms with E-state index in [4.69, 9.17) is 10.6 Å². The van der Waals surface area contributed by atoms with Crippen molar-refractivity contribution in [1.29, 1.82) is 0 Å². The van der Waals surface area contributed by atoms with Crippen LogP contribution in [0.1, 0.15) is 11.1 Å². The molecule has 1 aromatic carbocycles. The largest absolute Gasteiger partial charge is 0.435 e. The third-order valence-corrected chi connectivity index (χ3v) is 2.35. The van der Waals surface area contributed by atoms with Crippen molar-refractivity contribution >= 4 is 5.95 Å². The van der Waals surface area contributed by atoms with E-state index in [0.29, 0.717) is 5.56 Å². The van der Waals surface area contributed by atoms with Crippen LogP contribution in [0.2, 0.25) is 0 Å². The second-order valence-electron chi connectivity index (χ2n) is 3.86. The average molecular weight is 248 g/mol. The first-order chi connectivity index (χ1) is 8.60. The number of nitrogens with zero attached hydrogens (tertiary/aromatic N) is 2. The molecule has 0 amide bonds. The molecule has 0 aliphatic carbocycles. The van der Waals surface area contributed by atoms with Gasteiger partial charge in [-0.2, -0.15) is 4.98 Å². The second-order valence-corrected chi connectivity index (χ2v) is 3.86. The minimum Gasteiger partial charge on any atom is -0.435 e. The first-order valence-corrected chi connectivity index (χ1v) is 5.34. The van der Waals surface area contributed by atoms with Gasteiger partial charge >= 0.3 is 0 Å². The zero-order valence-electron chi connectivity index (χ0n) is 10.1. The normalized spacial score (nSPS) is 10.2.